The summed E-state index contributed by atoms with van der Waals surface area (Å²) < 4.78 is 5.78. The summed E-state index contributed by atoms with van der Waals surface area (Å²) in [5, 5.41) is 4.34. The van der Waals surface area contributed by atoms with Crippen molar-refractivity contribution >= 4 is 11.3 Å². The van der Waals surface area contributed by atoms with Crippen molar-refractivity contribution in [3.05, 3.63) is 22.4 Å². The molecule has 1 heterocycles. The Hall–Kier alpha value is -0.420. The van der Waals surface area contributed by atoms with Crippen LogP contribution in [0.3, 0.4) is 0 Å². The number of hydrazine groups is 1. The molecule has 17 heavy (non-hydrogen) atoms. The fourth-order valence-corrected chi connectivity index (χ4v) is 3.62. The smallest absolute Gasteiger partial charge is 0.0844 e. The predicted molar refractivity (Wildman–Crippen MR) is 72.0 cm³/mol. The lowest BCUT2D eigenvalue weighted by Gasteiger charge is -2.36. The molecule has 0 aliphatic heterocycles. The molecule has 0 saturated heterocycles. The molecule has 1 saturated carbocycles. The molecule has 1 aliphatic carbocycles. The van der Waals surface area contributed by atoms with Crippen LogP contribution in [0, 0.1) is 0 Å². The van der Waals surface area contributed by atoms with Crippen LogP contribution in [-0.4, -0.2) is 18.8 Å². The highest BCUT2D eigenvalue weighted by molar-refractivity contribution is 7.07. The number of aryl methyl sites for hydroxylation is 1. The first-order valence-corrected chi connectivity index (χ1v) is 7.27. The molecule has 0 amide bonds. The average molecular weight is 254 g/mol. The molecular formula is C13H22N2OS. The van der Waals surface area contributed by atoms with Crippen LogP contribution in [0.1, 0.15) is 37.7 Å². The van der Waals surface area contributed by atoms with Gasteiger partial charge in [-0.2, -0.15) is 11.3 Å². The summed E-state index contributed by atoms with van der Waals surface area (Å²) in [5.41, 5.74) is 4.34. The Balaban J connectivity index is 1.95. The van der Waals surface area contributed by atoms with Gasteiger partial charge in [0.25, 0.3) is 0 Å². The van der Waals surface area contributed by atoms with E-state index in [1.807, 2.05) is 7.11 Å². The zero-order valence-electron chi connectivity index (χ0n) is 10.4. The summed E-state index contributed by atoms with van der Waals surface area (Å²) in [7, 11) is 1.82. The molecule has 0 bridgehead atoms. The number of thiophene rings is 1. The van der Waals surface area contributed by atoms with Crippen LogP contribution in [-0.2, 0) is 11.2 Å². The van der Waals surface area contributed by atoms with Crippen molar-refractivity contribution in [2.45, 2.75) is 50.2 Å². The second kappa shape index (κ2) is 5.96. The number of nitrogens with one attached hydrogen (secondary N) is 1. The minimum absolute atomic E-state index is 0.0369. The second-order valence-corrected chi connectivity index (χ2v) is 5.65. The Morgan fingerprint density at radius 1 is 1.53 bits per heavy atom. The van der Waals surface area contributed by atoms with E-state index in [4.69, 9.17) is 10.6 Å². The van der Waals surface area contributed by atoms with Crippen molar-refractivity contribution < 1.29 is 4.74 Å². The maximum atomic E-state index is 5.78. The largest absolute Gasteiger partial charge is 0.377 e. The summed E-state index contributed by atoms with van der Waals surface area (Å²) in [5.74, 6) is 5.73. The molecule has 1 unspecified atom stereocenters. The quantitative estimate of drug-likeness (QED) is 0.605. The lowest BCUT2D eigenvalue weighted by Crippen LogP contribution is -2.53. The Morgan fingerprint density at radius 2 is 2.29 bits per heavy atom. The molecule has 3 N–H and O–H groups in total. The fraction of sp³-hybridized carbons (Fsp3) is 0.692. The summed E-state index contributed by atoms with van der Waals surface area (Å²) >= 11 is 1.75. The standard InChI is InChI=1S/C13H22N2OS/c1-16-13(7-2-3-8-13)12(15-14)5-4-11-6-9-17-10-11/h6,9-10,12,15H,2-5,7-8,14H2,1H3. The van der Waals surface area contributed by atoms with Crippen LogP contribution in [0.25, 0.3) is 0 Å². The zero-order valence-corrected chi connectivity index (χ0v) is 11.3. The van der Waals surface area contributed by atoms with Gasteiger partial charge in [0.15, 0.2) is 0 Å². The molecular weight excluding hydrogens is 232 g/mol. The molecule has 0 spiro atoms. The van der Waals surface area contributed by atoms with E-state index in [0.717, 1.165) is 25.7 Å². The molecule has 1 aliphatic rings. The molecule has 0 radical (unpaired) electrons. The van der Waals surface area contributed by atoms with Gasteiger partial charge in [-0.05, 0) is 48.1 Å². The summed E-state index contributed by atoms with van der Waals surface area (Å²) in [6.45, 7) is 0. The molecule has 96 valence electrons. The number of nitrogens with two attached hydrogens (primary N) is 1. The van der Waals surface area contributed by atoms with Crippen LogP contribution in [0.5, 0.6) is 0 Å². The number of rotatable bonds is 6. The maximum Gasteiger partial charge on any atom is 0.0844 e. The van der Waals surface area contributed by atoms with Crippen molar-refractivity contribution in [1.82, 2.24) is 5.43 Å². The third-order valence-electron chi connectivity index (χ3n) is 3.99. The van der Waals surface area contributed by atoms with Crippen LogP contribution in [0.2, 0.25) is 0 Å². The van der Waals surface area contributed by atoms with Crippen LogP contribution < -0.4 is 11.3 Å². The van der Waals surface area contributed by atoms with Gasteiger partial charge in [0.1, 0.15) is 0 Å². The van der Waals surface area contributed by atoms with E-state index >= 15 is 0 Å². The van der Waals surface area contributed by atoms with Gasteiger partial charge in [-0.25, -0.2) is 0 Å². The van der Waals surface area contributed by atoms with E-state index in [0.29, 0.717) is 0 Å². The highest BCUT2D eigenvalue weighted by Gasteiger charge is 2.40. The Kier molecular flexibility index (Phi) is 4.56. The fourth-order valence-electron chi connectivity index (χ4n) is 2.91. The van der Waals surface area contributed by atoms with E-state index < -0.39 is 0 Å². The summed E-state index contributed by atoms with van der Waals surface area (Å²) in [6, 6.07) is 2.45. The predicted octanol–water partition coefficient (Wildman–Crippen LogP) is 2.47. The van der Waals surface area contributed by atoms with Gasteiger partial charge in [0, 0.05) is 7.11 Å². The highest BCUT2D eigenvalue weighted by Crippen LogP contribution is 2.36. The van der Waals surface area contributed by atoms with Gasteiger partial charge in [-0.1, -0.05) is 12.8 Å². The first kappa shape index (κ1) is 13.0. The molecule has 0 aromatic carbocycles. The normalized spacial score (nSPS) is 20.6. The lowest BCUT2D eigenvalue weighted by molar-refractivity contribution is -0.0377. The zero-order chi connectivity index (χ0) is 12.1. The van der Waals surface area contributed by atoms with Crippen molar-refractivity contribution in [3.8, 4) is 0 Å². The minimum Gasteiger partial charge on any atom is -0.377 e. The number of hydrogen-bond donors (Lipinski definition) is 2. The highest BCUT2D eigenvalue weighted by atomic mass is 32.1. The third-order valence-corrected chi connectivity index (χ3v) is 4.73. The SMILES string of the molecule is COC1(C(CCc2ccsc2)NN)CCCC1. The molecule has 4 heteroatoms. The van der Waals surface area contributed by atoms with Crippen LogP contribution >= 0.6 is 11.3 Å². The Labute approximate surface area is 107 Å². The van der Waals surface area contributed by atoms with Gasteiger partial charge in [-0.15, -0.1) is 0 Å². The summed E-state index contributed by atoms with van der Waals surface area (Å²) in [4.78, 5) is 0. The molecule has 1 aromatic heterocycles. The van der Waals surface area contributed by atoms with E-state index in [-0.39, 0.29) is 11.6 Å². The van der Waals surface area contributed by atoms with Gasteiger partial charge < -0.3 is 4.74 Å². The maximum absolute atomic E-state index is 5.78. The molecule has 1 atom stereocenters. The number of hydrogen-bond acceptors (Lipinski definition) is 4. The van der Waals surface area contributed by atoms with Crippen molar-refractivity contribution in [3.63, 3.8) is 0 Å². The topological polar surface area (TPSA) is 47.3 Å². The first-order valence-electron chi connectivity index (χ1n) is 6.33. The van der Waals surface area contributed by atoms with E-state index in [9.17, 15) is 0 Å². The third kappa shape index (κ3) is 2.88. The average Bonchev–Trinajstić information content (AvgIpc) is 3.00. The summed E-state index contributed by atoms with van der Waals surface area (Å²) in [6.07, 6.45) is 6.88. The number of ether oxygens (including phenoxy) is 1. The van der Waals surface area contributed by atoms with Crippen molar-refractivity contribution in [2.24, 2.45) is 5.84 Å². The lowest BCUT2D eigenvalue weighted by atomic mass is 9.88. The van der Waals surface area contributed by atoms with Gasteiger partial charge >= 0.3 is 0 Å². The van der Waals surface area contributed by atoms with E-state index in [1.54, 1.807) is 11.3 Å². The monoisotopic (exact) mass is 254 g/mol. The molecule has 2 rings (SSSR count). The van der Waals surface area contributed by atoms with E-state index in [1.165, 1.54) is 18.4 Å². The van der Waals surface area contributed by atoms with Crippen LogP contribution in [0.15, 0.2) is 16.8 Å². The van der Waals surface area contributed by atoms with Crippen LogP contribution in [0.4, 0.5) is 0 Å². The molecule has 1 fully saturated rings. The van der Waals surface area contributed by atoms with E-state index in [2.05, 4.69) is 22.3 Å². The van der Waals surface area contributed by atoms with Gasteiger partial charge in [-0.3, -0.25) is 11.3 Å². The molecule has 3 nitrogen and oxygen atoms in total. The number of methoxy groups -OCH3 is 1. The van der Waals surface area contributed by atoms with Gasteiger partial charge in [0.2, 0.25) is 0 Å². The first-order chi connectivity index (χ1) is 8.30. The Bertz CT molecular complexity index is 320. The minimum atomic E-state index is -0.0369. The van der Waals surface area contributed by atoms with Crippen molar-refractivity contribution in [2.75, 3.05) is 7.11 Å². The second-order valence-electron chi connectivity index (χ2n) is 4.87. The Morgan fingerprint density at radius 3 is 2.82 bits per heavy atom. The molecule has 1 aromatic rings. The van der Waals surface area contributed by atoms with Crippen molar-refractivity contribution in [1.29, 1.82) is 0 Å². The van der Waals surface area contributed by atoms with Gasteiger partial charge in [0.05, 0.1) is 11.6 Å².